The summed E-state index contributed by atoms with van der Waals surface area (Å²) in [5.74, 6) is 1.53. The van der Waals surface area contributed by atoms with Crippen LogP contribution in [0.25, 0.3) is 11.2 Å². The van der Waals surface area contributed by atoms with Crippen LogP contribution in [0.3, 0.4) is 0 Å². The minimum atomic E-state index is -0.155. The van der Waals surface area contributed by atoms with Crippen LogP contribution in [0.5, 0.6) is 0 Å². The summed E-state index contributed by atoms with van der Waals surface area (Å²) in [6.45, 7) is 1.77. The highest BCUT2D eigenvalue weighted by Gasteiger charge is 2.09. The molecule has 3 rings (SSSR count). The molecule has 0 fully saturated rings. The van der Waals surface area contributed by atoms with Crippen LogP contribution in [0.1, 0.15) is 18.1 Å². The number of pyridine rings is 1. The van der Waals surface area contributed by atoms with Crippen LogP contribution < -0.4 is 5.32 Å². The van der Waals surface area contributed by atoms with E-state index in [1.54, 1.807) is 13.1 Å². The first kappa shape index (κ1) is 12.3. The van der Waals surface area contributed by atoms with Crippen molar-refractivity contribution in [1.29, 1.82) is 0 Å². The number of fused-ring (bicyclic) bond motifs is 1. The summed E-state index contributed by atoms with van der Waals surface area (Å²) in [7, 11) is 0. The number of rotatable bonds is 4. The van der Waals surface area contributed by atoms with E-state index in [-0.39, 0.29) is 5.91 Å². The zero-order valence-corrected chi connectivity index (χ0v) is 10.8. The van der Waals surface area contributed by atoms with Crippen molar-refractivity contribution in [2.24, 2.45) is 0 Å². The van der Waals surface area contributed by atoms with Gasteiger partial charge in [0, 0.05) is 19.0 Å². The van der Waals surface area contributed by atoms with Gasteiger partial charge in [-0.2, -0.15) is 4.98 Å². The Kier molecular flexibility index (Phi) is 3.12. The molecule has 0 aliphatic rings. The van der Waals surface area contributed by atoms with Gasteiger partial charge < -0.3 is 4.98 Å². The van der Waals surface area contributed by atoms with Crippen molar-refractivity contribution in [3.8, 4) is 0 Å². The lowest BCUT2D eigenvalue weighted by molar-refractivity contribution is -0.116. The second-order valence-corrected chi connectivity index (χ2v) is 4.35. The minimum Gasteiger partial charge on any atom is -0.341 e. The fourth-order valence-corrected chi connectivity index (χ4v) is 1.83. The molecular weight excluding hydrogens is 258 g/mol. The molecule has 0 saturated carbocycles. The number of carbonyl (C=O) groups excluding carboxylic acids is 1. The van der Waals surface area contributed by atoms with Crippen molar-refractivity contribution in [2.45, 2.75) is 19.8 Å². The molecule has 0 atom stereocenters. The van der Waals surface area contributed by atoms with Gasteiger partial charge in [0.05, 0.1) is 5.52 Å². The van der Waals surface area contributed by atoms with Crippen LogP contribution >= 0.6 is 0 Å². The first-order valence-corrected chi connectivity index (χ1v) is 6.19. The van der Waals surface area contributed by atoms with Crippen LogP contribution in [0, 0.1) is 6.92 Å². The third kappa shape index (κ3) is 2.63. The largest absolute Gasteiger partial charge is 0.341 e. The Morgan fingerprint density at radius 3 is 3.05 bits per heavy atom. The van der Waals surface area contributed by atoms with Crippen molar-refractivity contribution in [3.05, 3.63) is 30.0 Å². The van der Waals surface area contributed by atoms with E-state index in [1.807, 2.05) is 12.1 Å². The van der Waals surface area contributed by atoms with Gasteiger partial charge in [0.25, 0.3) is 0 Å². The fourth-order valence-electron chi connectivity index (χ4n) is 1.83. The molecule has 8 nitrogen and oxygen atoms in total. The minimum absolute atomic E-state index is 0.155. The van der Waals surface area contributed by atoms with Gasteiger partial charge in [-0.25, -0.2) is 9.97 Å². The zero-order chi connectivity index (χ0) is 13.9. The molecule has 0 spiro atoms. The Morgan fingerprint density at radius 1 is 1.40 bits per heavy atom. The lowest BCUT2D eigenvalue weighted by Crippen LogP contribution is -2.13. The van der Waals surface area contributed by atoms with Crippen molar-refractivity contribution in [2.75, 3.05) is 5.32 Å². The number of aromatic amines is 2. The number of hydrogen-bond acceptors (Lipinski definition) is 5. The molecule has 0 radical (unpaired) electrons. The van der Waals surface area contributed by atoms with E-state index in [9.17, 15) is 4.79 Å². The molecule has 3 N–H and O–H groups in total. The smallest absolute Gasteiger partial charge is 0.248 e. The van der Waals surface area contributed by atoms with E-state index in [4.69, 9.17) is 0 Å². The first-order chi connectivity index (χ1) is 9.70. The quantitative estimate of drug-likeness (QED) is 0.654. The van der Waals surface area contributed by atoms with Crippen molar-refractivity contribution < 1.29 is 4.79 Å². The second kappa shape index (κ2) is 5.08. The van der Waals surface area contributed by atoms with E-state index >= 15 is 0 Å². The predicted octanol–water partition coefficient (Wildman–Crippen LogP) is 0.956. The Bertz CT molecular complexity index is 712. The highest BCUT2D eigenvalue weighted by Crippen LogP contribution is 2.09. The summed E-state index contributed by atoms with van der Waals surface area (Å²) in [6, 6.07) is 3.73. The second-order valence-electron chi connectivity index (χ2n) is 4.35. The average molecular weight is 271 g/mol. The zero-order valence-electron chi connectivity index (χ0n) is 10.8. The Morgan fingerprint density at radius 2 is 2.30 bits per heavy atom. The lowest BCUT2D eigenvalue weighted by Gasteiger charge is -1.98. The monoisotopic (exact) mass is 271 g/mol. The third-order valence-corrected chi connectivity index (χ3v) is 2.74. The number of hydrogen-bond donors (Lipinski definition) is 3. The molecule has 0 unspecified atom stereocenters. The number of anilines is 1. The average Bonchev–Trinajstić information content (AvgIpc) is 3.02. The molecular formula is C12H13N7O. The maximum atomic E-state index is 11.7. The van der Waals surface area contributed by atoms with Crippen LogP contribution in [-0.4, -0.2) is 36.0 Å². The van der Waals surface area contributed by atoms with E-state index < -0.39 is 0 Å². The van der Waals surface area contributed by atoms with Crippen LogP contribution in [-0.2, 0) is 11.2 Å². The topological polar surface area (TPSA) is 112 Å². The number of aromatic nitrogens is 6. The summed E-state index contributed by atoms with van der Waals surface area (Å²) in [5, 5.41) is 9.12. The van der Waals surface area contributed by atoms with Crippen molar-refractivity contribution in [3.63, 3.8) is 0 Å². The fraction of sp³-hybridized carbons (Fsp3) is 0.250. The number of amides is 1. The van der Waals surface area contributed by atoms with E-state index in [2.05, 4.69) is 35.5 Å². The Balaban J connectivity index is 1.59. The molecule has 3 aromatic heterocycles. The highest BCUT2D eigenvalue weighted by atomic mass is 16.1. The van der Waals surface area contributed by atoms with Crippen LogP contribution in [0.4, 0.5) is 5.95 Å². The highest BCUT2D eigenvalue weighted by molar-refractivity contribution is 5.89. The van der Waals surface area contributed by atoms with Gasteiger partial charge in [0.1, 0.15) is 11.6 Å². The normalized spacial score (nSPS) is 10.8. The lowest BCUT2D eigenvalue weighted by atomic mass is 10.3. The summed E-state index contributed by atoms with van der Waals surface area (Å²) >= 11 is 0. The van der Waals surface area contributed by atoms with Gasteiger partial charge in [-0.3, -0.25) is 15.2 Å². The maximum Gasteiger partial charge on any atom is 0.248 e. The summed E-state index contributed by atoms with van der Waals surface area (Å²) in [5.41, 5.74) is 1.53. The van der Waals surface area contributed by atoms with Gasteiger partial charge >= 0.3 is 0 Å². The molecule has 0 aliphatic heterocycles. The molecule has 0 saturated heterocycles. The van der Waals surface area contributed by atoms with E-state index in [0.717, 1.165) is 11.3 Å². The van der Waals surface area contributed by atoms with Crippen molar-refractivity contribution in [1.82, 2.24) is 30.1 Å². The summed E-state index contributed by atoms with van der Waals surface area (Å²) in [6.07, 6.45) is 2.49. The van der Waals surface area contributed by atoms with Crippen LogP contribution in [0.2, 0.25) is 0 Å². The molecule has 0 aliphatic carbocycles. The number of aryl methyl sites for hydroxylation is 2. The van der Waals surface area contributed by atoms with Crippen molar-refractivity contribution >= 4 is 23.0 Å². The van der Waals surface area contributed by atoms with Gasteiger partial charge in [-0.1, -0.05) is 0 Å². The van der Waals surface area contributed by atoms with Gasteiger partial charge in [-0.15, -0.1) is 5.10 Å². The van der Waals surface area contributed by atoms with E-state index in [0.29, 0.717) is 30.3 Å². The van der Waals surface area contributed by atoms with Gasteiger partial charge in [0.15, 0.2) is 5.65 Å². The van der Waals surface area contributed by atoms with Crippen LogP contribution in [0.15, 0.2) is 18.3 Å². The van der Waals surface area contributed by atoms with E-state index in [1.165, 1.54) is 0 Å². The molecule has 102 valence electrons. The van der Waals surface area contributed by atoms with Gasteiger partial charge in [-0.05, 0) is 19.1 Å². The number of nitrogens with zero attached hydrogens (tertiary/aromatic N) is 4. The molecule has 8 heteroatoms. The number of nitrogens with one attached hydrogen (secondary N) is 3. The molecule has 3 aromatic rings. The Hall–Kier alpha value is -2.77. The Labute approximate surface area is 114 Å². The molecule has 3 heterocycles. The molecule has 1 amide bonds. The summed E-state index contributed by atoms with van der Waals surface area (Å²) in [4.78, 5) is 27.3. The number of carbonyl (C=O) groups is 1. The molecule has 0 aromatic carbocycles. The summed E-state index contributed by atoms with van der Waals surface area (Å²) < 4.78 is 0. The standard InChI is InChI=1S/C12H13N7O/c1-7-14-12(19-18-7)17-10(20)5-4-9-15-8-3-2-6-13-11(8)16-9/h2-3,6H,4-5H2,1H3,(H,13,15,16)(H2,14,17,18,19,20). The first-order valence-electron chi connectivity index (χ1n) is 6.19. The predicted molar refractivity (Wildman–Crippen MR) is 72.0 cm³/mol. The van der Waals surface area contributed by atoms with Gasteiger partial charge in [0.2, 0.25) is 11.9 Å². The SMILES string of the molecule is Cc1nc(NC(=O)CCc2nc3ncccc3[nH]2)n[nH]1. The number of imidazole rings is 1. The number of H-pyrrole nitrogens is 2. The maximum absolute atomic E-state index is 11.7. The third-order valence-electron chi connectivity index (χ3n) is 2.74. The molecule has 0 bridgehead atoms. The molecule has 20 heavy (non-hydrogen) atoms.